The van der Waals surface area contributed by atoms with Crippen LogP contribution in [0, 0.1) is 13.8 Å². The van der Waals surface area contributed by atoms with E-state index in [4.69, 9.17) is 17.3 Å². The van der Waals surface area contributed by atoms with Gasteiger partial charge in [0.05, 0.1) is 10.7 Å². The highest BCUT2D eigenvalue weighted by atomic mass is 35.5. The number of hydrogen-bond donors (Lipinski definition) is 2. The number of hydrogen-bond acceptors (Lipinski definition) is 3. The summed E-state index contributed by atoms with van der Waals surface area (Å²) in [7, 11) is 0. The SMILES string of the molecule is Cc1ccc(Nc2ncc(Cl)cc2N)c(C)c1. The van der Waals surface area contributed by atoms with Crippen LogP contribution in [0.25, 0.3) is 0 Å². The topological polar surface area (TPSA) is 50.9 Å². The molecule has 0 aliphatic rings. The second kappa shape index (κ2) is 4.63. The second-order valence-corrected chi connectivity index (χ2v) is 4.47. The Morgan fingerprint density at radius 3 is 2.65 bits per heavy atom. The Hall–Kier alpha value is -1.74. The molecule has 4 heteroatoms. The van der Waals surface area contributed by atoms with Crippen LogP contribution >= 0.6 is 11.6 Å². The van der Waals surface area contributed by atoms with Gasteiger partial charge in [0.1, 0.15) is 0 Å². The molecule has 0 radical (unpaired) electrons. The van der Waals surface area contributed by atoms with E-state index in [0.29, 0.717) is 16.5 Å². The van der Waals surface area contributed by atoms with E-state index in [2.05, 4.69) is 23.3 Å². The zero-order valence-corrected chi connectivity index (χ0v) is 10.5. The molecule has 2 rings (SSSR count). The molecular weight excluding hydrogens is 234 g/mol. The molecule has 0 saturated heterocycles. The van der Waals surface area contributed by atoms with Crippen LogP contribution in [-0.4, -0.2) is 4.98 Å². The maximum atomic E-state index is 5.84. The lowest BCUT2D eigenvalue weighted by molar-refractivity contribution is 1.29. The number of nitrogen functional groups attached to an aromatic ring is 1. The van der Waals surface area contributed by atoms with E-state index in [1.807, 2.05) is 19.1 Å². The van der Waals surface area contributed by atoms with Crippen molar-refractivity contribution >= 4 is 28.8 Å². The summed E-state index contributed by atoms with van der Waals surface area (Å²) < 4.78 is 0. The lowest BCUT2D eigenvalue weighted by Gasteiger charge is -2.11. The monoisotopic (exact) mass is 247 g/mol. The normalized spacial score (nSPS) is 10.3. The van der Waals surface area contributed by atoms with Crippen molar-refractivity contribution < 1.29 is 0 Å². The number of nitrogens with two attached hydrogens (primary N) is 1. The van der Waals surface area contributed by atoms with Gasteiger partial charge in [0.2, 0.25) is 0 Å². The first-order valence-electron chi connectivity index (χ1n) is 5.31. The fourth-order valence-electron chi connectivity index (χ4n) is 1.64. The molecule has 0 spiro atoms. The predicted octanol–water partition coefficient (Wildman–Crippen LogP) is 3.68. The smallest absolute Gasteiger partial charge is 0.153 e. The summed E-state index contributed by atoms with van der Waals surface area (Å²) in [6.07, 6.45) is 1.57. The summed E-state index contributed by atoms with van der Waals surface area (Å²) in [5.41, 5.74) is 9.76. The predicted molar refractivity (Wildman–Crippen MR) is 72.9 cm³/mol. The molecule has 0 atom stereocenters. The molecule has 3 N–H and O–H groups in total. The fourth-order valence-corrected chi connectivity index (χ4v) is 1.81. The molecule has 0 aliphatic carbocycles. The average molecular weight is 248 g/mol. The lowest BCUT2D eigenvalue weighted by Crippen LogP contribution is -2.00. The largest absolute Gasteiger partial charge is 0.396 e. The number of nitrogens with zero attached hydrogens (tertiary/aromatic N) is 1. The Balaban J connectivity index is 2.31. The maximum Gasteiger partial charge on any atom is 0.153 e. The Morgan fingerprint density at radius 1 is 1.24 bits per heavy atom. The van der Waals surface area contributed by atoms with Crippen molar-refractivity contribution in [2.75, 3.05) is 11.1 Å². The number of anilines is 3. The third kappa shape index (κ3) is 2.68. The Morgan fingerprint density at radius 2 is 2.00 bits per heavy atom. The Bertz CT molecular complexity index is 503. The van der Waals surface area contributed by atoms with Crippen LogP contribution in [-0.2, 0) is 0 Å². The molecule has 0 bridgehead atoms. The third-order valence-corrected chi connectivity index (χ3v) is 2.73. The van der Waals surface area contributed by atoms with Crippen molar-refractivity contribution in [3.05, 3.63) is 46.6 Å². The van der Waals surface area contributed by atoms with Gasteiger partial charge in [-0.05, 0) is 31.5 Å². The van der Waals surface area contributed by atoms with Gasteiger partial charge >= 0.3 is 0 Å². The zero-order chi connectivity index (χ0) is 12.4. The van der Waals surface area contributed by atoms with Gasteiger partial charge < -0.3 is 11.1 Å². The molecule has 1 aromatic carbocycles. The Kier molecular flexibility index (Phi) is 3.20. The van der Waals surface area contributed by atoms with E-state index in [1.165, 1.54) is 5.56 Å². The first kappa shape index (κ1) is 11.7. The summed E-state index contributed by atoms with van der Waals surface area (Å²) in [5, 5.41) is 3.74. The molecule has 3 nitrogen and oxygen atoms in total. The number of halogens is 1. The van der Waals surface area contributed by atoms with Crippen molar-refractivity contribution in [3.63, 3.8) is 0 Å². The Labute approximate surface area is 106 Å². The molecular formula is C13H14ClN3. The molecule has 0 fully saturated rings. The van der Waals surface area contributed by atoms with Crippen molar-refractivity contribution in [2.45, 2.75) is 13.8 Å². The molecule has 1 aromatic heterocycles. The first-order chi connectivity index (χ1) is 8.06. The molecule has 2 aromatic rings. The summed E-state index contributed by atoms with van der Waals surface area (Å²) in [6, 6.07) is 7.84. The summed E-state index contributed by atoms with van der Waals surface area (Å²) in [4.78, 5) is 4.17. The molecule has 17 heavy (non-hydrogen) atoms. The highest BCUT2D eigenvalue weighted by Crippen LogP contribution is 2.25. The van der Waals surface area contributed by atoms with Crippen LogP contribution in [0.15, 0.2) is 30.5 Å². The quantitative estimate of drug-likeness (QED) is 0.851. The van der Waals surface area contributed by atoms with Gasteiger partial charge in [-0.25, -0.2) is 4.98 Å². The van der Waals surface area contributed by atoms with Gasteiger partial charge in [-0.3, -0.25) is 0 Å². The number of rotatable bonds is 2. The van der Waals surface area contributed by atoms with Gasteiger partial charge in [0, 0.05) is 11.9 Å². The van der Waals surface area contributed by atoms with E-state index in [1.54, 1.807) is 12.3 Å². The molecule has 0 amide bonds. The minimum atomic E-state index is 0.536. The van der Waals surface area contributed by atoms with E-state index in [0.717, 1.165) is 11.3 Å². The van der Waals surface area contributed by atoms with Crippen molar-refractivity contribution in [1.82, 2.24) is 4.98 Å². The van der Waals surface area contributed by atoms with E-state index < -0.39 is 0 Å². The standard InChI is InChI=1S/C13H14ClN3/c1-8-3-4-12(9(2)5-8)17-13-11(15)6-10(14)7-16-13/h3-7H,15H2,1-2H3,(H,16,17). The zero-order valence-electron chi connectivity index (χ0n) is 9.79. The van der Waals surface area contributed by atoms with E-state index in [-0.39, 0.29) is 0 Å². The van der Waals surface area contributed by atoms with Crippen LogP contribution in [0.4, 0.5) is 17.2 Å². The minimum absolute atomic E-state index is 0.536. The maximum absolute atomic E-state index is 5.84. The second-order valence-electron chi connectivity index (χ2n) is 4.03. The molecule has 0 aliphatic heterocycles. The van der Waals surface area contributed by atoms with Crippen molar-refractivity contribution in [1.29, 1.82) is 0 Å². The summed E-state index contributed by atoms with van der Waals surface area (Å²) in [5.74, 6) is 0.626. The summed E-state index contributed by atoms with van der Waals surface area (Å²) in [6.45, 7) is 4.10. The molecule has 0 saturated carbocycles. The average Bonchev–Trinajstić information content (AvgIpc) is 2.25. The van der Waals surface area contributed by atoms with Crippen LogP contribution in [0.3, 0.4) is 0 Å². The molecule has 0 unspecified atom stereocenters. The number of benzene rings is 1. The van der Waals surface area contributed by atoms with E-state index in [9.17, 15) is 0 Å². The van der Waals surface area contributed by atoms with Crippen molar-refractivity contribution in [2.24, 2.45) is 0 Å². The highest BCUT2D eigenvalue weighted by Gasteiger charge is 2.04. The molecule has 1 heterocycles. The van der Waals surface area contributed by atoms with Gasteiger partial charge in [0.25, 0.3) is 0 Å². The molecule has 88 valence electrons. The fraction of sp³-hybridized carbons (Fsp3) is 0.154. The number of aryl methyl sites for hydroxylation is 2. The third-order valence-electron chi connectivity index (χ3n) is 2.52. The first-order valence-corrected chi connectivity index (χ1v) is 5.69. The van der Waals surface area contributed by atoms with Gasteiger partial charge in [0.15, 0.2) is 5.82 Å². The van der Waals surface area contributed by atoms with Crippen LogP contribution in [0.1, 0.15) is 11.1 Å². The van der Waals surface area contributed by atoms with Gasteiger partial charge in [-0.15, -0.1) is 0 Å². The van der Waals surface area contributed by atoms with Crippen molar-refractivity contribution in [3.8, 4) is 0 Å². The minimum Gasteiger partial charge on any atom is -0.396 e. The number of nitrogens with one attached hydrogen (secondary N) is 1. The van der Waals surface area contributed by atoms with E-state index >= 15 is 0 Å². The van der Waals surface area contributed by atoms with Gasteiger partial charge in [-0.2, -0.15) is 0 Å². The van der Waals surface area contributed by atoms with Crippen LogP contribution in [0.2, 0.25) is 5.02 Å². The number of aromatic nitrogens is 1. The highest BCUT2D eigenvalue weighted by molar-refractivity contribution is 6.30. The van der Waals surface area contributed by atoms with Gasteiger partial charge in [-0.1, -0.05) is 29.3 Å². The van der Waals surface area contributed by atoms with Crippen LogP contribution < -0.4 is 11.1 Å². The van der Waals surface area contributed by atoms with Crippen LogP contribution in [0.5, 0.6) is 0 Å². The lowest BCUT2D eigenvalue weighted by atomic mass is 10.1. The number of pyridine rings is 1. The summed E-state index contributed by atoms with van der Waals surface area (Å²) >= 11 is 5.80.